The molecular weight excluding hydrogens is 383 g/mol. The number of halogens is 1. The van der Waals surface area contributed by atoms with Gasteiger partial charge in [0.15, 0.2) is 0 Å². The van der Waals surface area contributed by atoms with Crippen molar-refractivity contribution in [3.63, 3.8) is 0 Å². The summed E-state index contributed by atoms with van der Waals surface area (Å²) in [7, 11) is 0. The number of aromatic nitrogens is 2. The van der Waals surface area contributed by atoms with Gasteiger partial charge in [-0.05, 0) is 43.3 Å². The molecule has 0 radical (unpaired) electrons. The molecule has 0 saturated carbocycles. The monoisotopic (exact) mass is 406 g/mol. The summed E-state index contributed by atoms with van der Waals surface area (Å²) in [5.74, 6) is 1.05. The van der Waals surface area contributed by atoms with Crippen LogP contribution in [0.3, 0.4) is 0 Å². The topological polar surface area (TPSA) is 73.4 Å². The van der Waals surface area contributed by atoms with Crippen LogP contribution in [0.15, 0.2) is 60.7 Å². The molecule has 0 spiro atoms. The zero-order chi connectivity index (χ0) is 20.9. The lowest BCUT2D eigenvalue weighted by molar-refractivity contribution is 0.208. The molecule has 30 heavy (non-hydrogen) atoms. The van der Waals surface area contributed by atoms with Crippen molar-refractivity contribution in [1.82, 2.24) is 14.9 Å². The summed E-state index contributed by atoms with van der Waals surface area (Å²) in [5.41, 5.74) is 2.40. The zero-order valence-electron chi connectivity index (χ0n) is 16.7. The Balaban J connectivity index is 1.37. The summed E-state index contributed by atoms with van der Waals surface area (Å²) in [6.07, 6.45) is 0. The van der Waals surface area contributed by atoms with Crippen molar-refractivity contribution >= 4 is 29.2 Å². The van der Waals surface area contributed by atoms with Crippen molar-refractivity contribution in [3.05, 3.63) is 72.2 Å². The van der Waals surface area contributed by atoms with Crippen LogP contribution in [0, 0.1) is 12.7 Å². The van der Waals surface area contributed by atoms with E-state index in [0.29, 0.717) is 37.8 Å². The first kappa shape index (κ1) is 19.6. The number of piperazine rings is 1. The van der Waals surface area contributed by atoms with E-state index in [9.17, 15) is 9.18 Å². The van der Waals surface area contributed by atoms with E-state index in [1.807, 2.05) is 43.3 Å². The molecule has 1 aliphatic rings. The van der Waals surface area contributed by atoms with Crippen molar-refractivity contribution in [2.75, 3.05) is 41.7 Å². The molecule has 2 aromatic carbocycles. The third kappa shape index (κ3) is 4.83. The van der Waals surface area contributed by atoms with E-state index < -0.39 is 0 Å². The second-order valence-electron chi connectivity index (χ2n) is 7.10. The third-order valence-electron chi connectivity index (χ3n) is 4.83. The van der Waals surface area contributed by atoms with Gasteiger partial charge in [-0.15, -0.1) is 0 Å². The molecule has 1 aliphatic heterocycles. The molecule has 4 rings (SSSR count). The number of nitrogens with zero attached hydrogens (tertiary/aromatic N) is 4. The minimum Gasteiger partial charge on any atom is -0.340 e. The number of benzene rings is 2. The van der Waals surface area contributed by atoms with Crippen molar-refractivity contribution in [2.24, 2.45) is 0 Å². The minimum atomic E-state index is -0.333. The number of rotatable bonds is 4. The first-order valence-corrected chi connectivity index (χ1v) is 9.81. The van der Waals surface area contributed by atoms with Gasteiger partial charge in [0.25, 0.3) is 0 Å². The van der Waals surface area contributed by atoms with Gasteiger partial charge in [0, 0.05) is 49.3 Å². The quantitative estimate of drug-likeness (QED) is 0.685. The molecule has 154 valence electrons. The highest BCUT2D eigenvalue weighted by atomic mass is 19.1. The van der Waals surface area contributed by atoms with Crippen LogP contribution in [0.1, 0.15) is 5.69 Å². The van der Waals surface area contributed by atoms with Crippen molar-refractivity contribution in [1.29, 1.82) is 0 Å². The van der Waals surface area contributed by atoms with Gasteiger partial charge >= 0.3 is 6.03 Å². The van der Waals surface area contributed by atoms with E-state index in [1.54, 1.807) is 17.0 Å². The lowest BCUT2D eigenvalue weighted by Crippen LogP contribution is -2.50. The highest BCUT2D eigenvalue weighted by molar-refractivity contribution is 5.89. The summed E-state index contributed by atoms with van der Waals surface area (Å²) >= 11 is 0. The number of anilines is 4. The number of hydrogen-bond acceptors (Lipinski definition) is 5. The van der Waals surface area contributed by atoms with Gasteiger partial charge in [-0.25, -0.2) is 14.2 Å². The largest absolute Gasteiger partial charge is 0.340 e. The molecule has 0 bridgehead atoms. The predicted octanol–water partition coefficient (Wildman–Crippen LogP) is 4.02. The summed E-state index contributed by atoms with van der Waals surface area (Å²) in [6, 6.07) is 17.3. The summed E-state index contributed by atoms with van der Waals surface area (Å²) in [4.78, 5) is 25.5. The van der Waals surface area contributed by atoms with E-state index in [2.05, 4.69) is 25.5 Å². The lowest BCUT2D eigenvalue weighted by Gasteiger charge is -2.34. The van der Waals surface area contributed by atoms with Crippen LogP contribution in [0.4, 0.5) is 32.3 Å². The molecule has 2 heterocycles. The van der Waals surface area contributed by atoms with Gasteiger partial charge in [-0.2, -0.15) is 4.98 Å². The number of para-hydroxylation sites is 1. The van der Waals surface area contributed by atoms with Gasteiger partial charge in [-0.3, -0.25) is 0 Å². The number of nitrogens with one attached hydrogen (secondary N) is 2. The van der Waals surface area contributed by atoms with Crippen LogP contribution < -0.4 is 15.5 Å². The Labute approximate surface area is 174 Å². The Hall–Kier alpha value is -3.68. The average molecular weight is 406 g/mol. The molecule has 2 amide bonds. The fourth-order valence-corrected chi connectivity index (χ4v) is 3.27. The maximum Gasteiger partial charge on any atom is 0.321 e. The molecule has 8 heteroatoms. The minimum absolute atomic E-state index is 0.196. The number of carbonyl (C=O) groups excluding carboxylic acids is 1. The van der Waals surface area contributed by atoms with Crippen LogP contribution in [-0.4, -0.2) is 47.1 Å². The second kappa shape index (κ2) is 8.77. The average Bonchev–Trinajstić information content (AvgIpc) is 2.76. The Morgan fingerprint density at radius 1 is 0.933 bits per heavy atom. The fourth-order valence-electron chi connectivity index (χ4n) is 3.27. The normalized spacial score (nSPS) is 13.8. The number of hydrogen-bond donors (Lipinski definition) is 2. The van der Waals surface area contributed by atoms with Crippen LogP contribution in [0.2, 0.25) is 0 Å². The molecule has 2 N–H and O–H groups in total. The van der Waals surface area contributed by atoms with Gasteiger partial charge in [0.2, 0.25) is 5.95 Å². The lowest BCUT2D eigenvalue weighted by atomic mass is 10.3. The van der Waals surface area contributed by atoms with E-state index in [-0.39, 0.29) is 11.8 Å². The van der Waals surface area contributed by atoms with Crippen LogP contribution in [0.5, 0.6) is 0 Å². The van der Waals surface area contributed by atoms with Crippen LogP contribution in [-0.2, 0) is 0 Å². The van der Waals surface area contributed by atoms with Crippen molar-refractivity contribution in [3.8, 4) is 0 Å². The summed E-state index contributed by atoms with van der Waals surface area (Å²) in [5, 5.41) is 6.10. The SMILES string of the molecule is Cc1cc(Nc2ccccc2)nc(N2CCN(C(=O)Nc3ccc(F)cc3)CC2)n1. The van der Waals surface area contributed by atoms with Crippen LogP contribution >= 0.6 is 0 Å². The third-order valence-corrected chi connectivity index (χ3v) is 4.83. The van der Waals surface area contributed by atoms with E-state index in [1.165, 1.54) is 12.1 Å². The molecule has 0 aliphatic carbocycles. The molecule has 1 saturated heterocycles. The van der Waals surface area contributed by atoms with Gasteiger partial charge in [0.05, 0.1) is 0 Å². The van der Waals surface area contributed by atoms with E-state index >= 15 is 0 Å². The molecule has 7 nitrogen and oxygen atoms in total. The van der Waals surface area contributed by atoms with Crippen molar-refractivity contribution < 1.29 is 9.18 Å². The Kier molecular flexibility index (Phi) is 5.74. The summed E-state index contributed by atoms with van der Waals surface area (Å²) < 4.78 is 13.0. The standard InChI is InChI=1S/C22H23FN6O/c1-16-15-20(25-18-5-3-2-4-6-18)27-21(24-16)28-11-13-29(14-12-28)22(30)26-19-9-7-17(23)8-10-19/h2-10,15H,11-14H2,1H3,(H,26,30)(H,24,25,27). The molecule has 3 aromatic rings. The van der Waals surface area contributed by atoms with Crippen molar-refractivity contribution in [2.45, 2.75) is 6.92 Å². The summed E-state index contributed by atoms with van der Waals surface area (Å²) in [6.45, 7) is 4.29. The van der Waals surface area contributed by atoms with E-state index in [4.69, 9.17) is 0 Å². The molecule has 1 fully saturated rings. The number of amides is 2. The highest BCUT2D eigenvalue weighted by Crippen LogP contribution is 2.19. The van der Waals surface area contributed by atoms with Gasteiger partial charge in [-0.1, -0.05) is 18.2 Å². The predicted molar refractivity (Wildman–Crippen MR) is 116 cm³/mol. The Bertz CT molecular complexity index is 1000. The van der Waals surface area contributed by atoms with E-state index in [0.717, 1.165) is 17.2 Å². The fraction of sp³-hybridized carbons (Fsp3) is 0.227. The van der Waals surface area contributed by atoms with Gasteiger partial charge < -0.3 is 20.4 Å². The maximum absolute atomic E-state index is 13.0. The smallest absolute Gasteiger partial charge is 0.321 e. The van der Waals surface area contributed by atoms with Crippen LogP contribution in [0.25, 0.3) is 0 Å². The Morgan fingerprint density at radius 2 is 1.63 bits per heavy atom. The first-order chi connectivity index (χ1) is 14.6. The zero-order valence-corrected chi connectivity index (χ0v) is 16.7. The molecule has 1 aromatic heterocycles. The molecular formula is C22H23FN6O. The number of urea groups is 1. The second-order valence-corrected chi connectivity index (χ2v) is 7.10. The number of carbonyl (C=O) groups is 1. The Morgan fingerprint density at radius 3 is 2.33 bits per heavy atom. The highest BCUT2D eigenvalue weighted by Gasteiger charge is 2.23. The molecule has 0 atom stereocenters. The first-order valence-electron chi connectivity index (χ1n) is 9.81. The van der Waals surface area contributed by atoms with Gasteiger partial charge in [0.1, 0.15) is 11.6 Å². The maximum atomic E-state index is 13.0. The number of aryl methyl sites for hydroxylation is 1. The molecule has 0 unspecified atom stereocenters.